The Bertz CT molecular complexity index is 945. The number of hydrogen-bond acceptors (Lipinski definition) is 5. The first-order valence-electron chi connectivity index (χ1n) is 11.0. The summed E-state index contributed by atoms with van der Waals surface area (Å²) in [6, 6.07) is 10.0. The normalized spacial score (nSPS) is 16.1. The van der Waals surface area contributed by atoms with E-state index in [1.54, 1.807) is 4.31 Å². The van der Waals surface area contributed by atoms with Gasteiger partial charge in [-0.2, -0.15) is 0 Å². The van der Waals surface area contributed by atoms with Gasteiger partial charge in [-0.25, -0.2) is 22.7 Å². The van der Waals surface area contributed by atoms with Crippen LogP contribution in [0.2, 0.25) is 0 Å². The topological polar surface area (TPSA) is 66.4 Å². The molecule has 0 aliphatic carbocycles. The zero-order chi connectivity index (χ0) is 21.7. The van der Waals surface area contributed by atoms with Crippen molar-refractivity contribution in [3.63, 3.8) is 0 Å². The molecule has 1 fully saturated rings. The number of hydrogen-bond donors (Lipinski definition) is 0. The van der Waals surface area contributed by atoms with Gasteiger partial charge < -0.3 is 4.90 Å². The second-order valence-electron chi connectivity index (χ2n) is 8.30. The van der Waals surface area contributed by atoms with Crippen molar-refractivity contribution in [3.8, 4) is 11.4 Å². The van der Waals surface area contributed by atoms with Crippen molar-refractivity contribution in [3.05, 3.63) is 41.6 Å². The molecule has 2 heterocycles. The Labute approximate surface area is 181 Å². The molecule has 1 saturated heterocycles. The van der Waals surface area contributed by atoms with E-state index in [2.05, 4.69) is 18.7 Å². The molecular weight excluding hydrogens is 396 g/mol. The minimum absolute atomic E-state index is 0.242. The zero-order valence-corrected chi connectivity index (χ0v) is 19.5. The van der Waals surface area contributed by atoms with Crippen molar-refractivity contribution in [2.45, 2.75) is 52.9 Å². The monoisotopic (exact) mass is 430 g/mol. The molecule has 164 valence electrons. The smallest absolute Gasteiger partial charge is 0.214 e. The van der Waals surface area contributed by atoms with Gasteiger partial charge in [0.25, 0.3) is 0 Å². The fourth-order valence-corrected chi connectivity index (χ4v) is 5.72. The molecule has 1 aromatic carbocycles. The minimum Gasteiger partial charge on any atom is -0.355 e. The van der Waals surface area contributed by atoms with E-state index in [1.807, 2.05) is 44.2 Å². The minimum atomic E-state index is -3.19. The van der Waals surface area contributed by atoms with Gasteiger partial charge >= 0.3 is 0 Å². The molecule has 0 spiro atoms. The molecule has 2 aromatic rings. The van der Waals surface area contributed by atoms with Crippen LogP contribution in [-0.4, -0.2) is 54.6 Å². The van der Waals surface area contributed by atoms with Crippen LogP contribution < -0.4 is 4.90 Å². The summed E-state index contributed by atoms with van der Waals surface area (Å²) in [5, 5.41) is 0. The lowest BCUT2D eigenvalue weighted by molar-refractivity contribution is 0.432. The van der Waals surface area contributed by atoms with Crippen molar-refractivity contribution < 1.29 is 8.42 Å². The van der Waals surface area contributed by atoms with Gasteiger partial charge in [0, 0.05) is 43.0 Å². The van der Waals surface area contributed by atoms with Gasteiger partial charge in [0.15, 0.2) is 5.82 Å². The molecule has 0 bridgehead atoms. The summed E-state index contributed by atoms with van der Waals surface area (Å²) < 4.78 is 27.1. The number of benzene rings is 1. The van der Waals surface area contributed by atoms with E-state index in [-0.39, 0.29) is 11.7 Å². The van der Waals surface area contributed by atoms with Gasteiger partial charge in [0.2, 0.25) is 10.0 Å². The Hall–Kier alpha value is -1.99. The van der Waals surface area contributed by atoms with Gasteiger partial charge in [0.1, 0.15) is 5.82 Å². The second-order valence-corrected chi connectivity index (χ2v) is 10.4. The first kappa shape index (κ1) is 22.7. The summed E-state index contributed by atoms with van der Waals surface area (Å²) >= 11 is 0. The fourth-order valence-electron chi connectivity index (χ4n) is 4.04. The second kappa shape index (κ2) is 9.88. The molecule has 0 radical (unpaired) electrons. The summed E-state index contributed by atoms with van der Waals surface area (Å²) in [7, 11) is -3.19. The van der Waals surface area contributed by atoms with E-state index in [1.165, 1.54) is 0 Å². The van der Waals surface area contributed by atoms with Crippen LogP contribution >= 0.6 is 0 Å². The number of anilines is 1. The summed E-state index contributed by atoms with van der Waals surface area (Å²) in [5.74, 6) is 2.21. The van der Waals surface area contributed by atoms with Crippen molar-refractivity contribution in [2.75, 3.05) is 36.8 Å². The van der Waals surface area contributed by atoms with Gasteiger partial charge in [0.05, 0.1) is 5.75 Å². The van der Waals surface area contributed by atoms with Gasteiger partial charge in [-0.15, -0.1) is 0 Å². The first-order chi connectivity index (χ1) is 14.3. The molecule has 0 saturated carbocycles. The molecule has 1 aromatic heterocycles. The molecule has 7 heteroatoms. The van der Waals surface area contributed by atoms with E-state index < -0.39 is 10.0 Å². The van der Waals surface area contributed by atoms with Crippen LogP contribution in [0, 0.1) is 6.92 Å². The highest BCUT2D eigenvalue weighted by molar-refractivity contribution is 7.89. The highest BCUT2D eigenvalue weighted by atomic mass is 32.2. The van der Waals surface area contributed by atoms with Crippen molar-refractivity contribution in [2.24, 2.45) is 0 Å². The number of nitrogens with zero attached hydrogens (tertiary/aromatic N) is 4. The van der Waals surface area contributed by atoms with Crippen molar-refractivity contribution in [1.82, 2.24) is 14.3 Å². The average Bonchev–Trinajstić information content (AvgIpc) is 2.99. The molecule has 0 atom stereocenters. The van der Waals surface area contributed by atoms with E-state index in [9.17, 15) is 8.42 Å². The third kappa shape index (κ3) is 5.19. The van der Waals surface area contributed by atoms with E-state index >= 15 is 0 Å². The third-order valence-electron chi connectivity index (χ3n) is 5.63. The summed E-state index contributed by atoms with van der Waals surface area (Å²) in [6.07, 6.45) is 2.40. The largest absolute Gasteiger partial charge is 0.355 e. The Kier molecular flexibility index (Phi) is 7.47. The van der Waals surface area contributed by atoms with Crippen LogP contribution in [-0.2, 0) is 10.0 Å². The highest BCUT2D eigenvalue weighted by Gasteiger charge is 2.27. The summed E-state index contributed by atoms with van der Waals surface area (Å²) in [5.41, 5.74) is 3.14. The molecule has 6 nitrogen and oxygen atoms in total. The molecule has 1 aliphatic heterocycles. The molecule has 1 aliphatic rings. The van der Waals surface area contributed by atoms with Gasteiger partial charge in [-0.1, -0.05) is 57.5 Å². The maximum Gasteiger partial charge on any atom is 0.214 e. The molecular formula is C23H34N4O2S. The van der Waals surface area contributed by atoms with Crippen molar-refractivity contribution >= 4 is 15.8 Å². The van der Waals surface area contributed by atoms with Crippen LogP contribution in [0.4, 0.5) is 5.82 Å². The predicted octanol–water partition coefficient (Wildman–Crippen LogP) is 4.22. The lowest BCUT2D eigenvalue weighted by Crippen LogP contribution is -2.37. The maximum absolute atomic E-state index is 12.7. The van der Waals surface area contributed by atoms with E-state index in [4.69, 9.17) is 9.97 Å². The van der Waals surface area contributed by atoms with Crippen LogP contribution in [0.3, 0.4) is 0 Å². The fraction of sp³-hybridized carbons (Fsp3) is 0.565. The molecule has 0 N–H and O–H groups in total. The number of unbranched alkanes of at least 4 members (excludes halogenated alkanes) is 1. The van der Waals surface area contributed by atoms with Crippen LogP contribution in [0.1, 0.15) is 57.2 Å². The van der Waals surface area contributed by atoms with E-state index in [0.29, 0.717) is 26.1 Å². The first-order valence-corrected chi connectivity index (χ1v) is 12.6. The van der Waals surface area contributed by atoms with Gasteiger partial charge in [-0.3, -0.25) is 0 Å². The Morgan fingerprint density at radius 1 is 1.03 bits per heavy atom. The van der Waals surface area contributed by atoms with Crippen LogP contribution in [0.15, 0.2) is 30.3 Å². The van der Waals surface area contributed by atoms with Gasteiger partial charge in [-0.05, 0) is 25.7 Å². The Morgan fingerprint density at radius 3 is 2.43 bits per heavy atom. The Balaban J connectivity index is 1.91. The Morgan fingerprint density at radius 2 is 1.77 bits per heavy atom. The number of aromatic nitrogens is 2. The molecule has 0 unspecified atom stereocenters. The van der Waals surface area contributed by atoms with Crippen LogP contribution in [0.5, 0.6) is 0 Å². The maximum atomic E-state index is 12.7. The van der Waals surface area contributed by atoms with E-state index in [0.717, 1.165) is 47.8 Å². The lowest BCUT2D eigenvalue weighted by atomic mass is 10.0. The summed E-state index contributed by atoms with van der Waals surface area (Å²) in [4.78, 5) is 12.0. The van der Waals surface area contributed by atoms with Crippen molar-refractivity contribution in [1.29, 1.82) is 0 Å². The number of rotatable bonds is 7. The van der Waals surface area contributed by atoms with Crippen LogP contribution in [0.25, 0.3) is 11.4 Å². The molecule has 30 heavy (non-hydrogen) atoms. The number of aryl methyl sites for hydroxylation is 1. The SMILES string of the molecule is CCCCS(=O)(=O)N1CCCN(c2nc(-c3ccccc3)nc(C)c2C(C)C)CC1. The quantitative estimate of drug-likeness (QED) is 0.658. The molecule has 0 amide bonds. The average molecular weight is 431 g/mol. The standard InChI is InChI=1S/C23H34N4O2S/c1-5-6-17-30(28,29)27-14-10-13-26(15-16-27)23-21(18(2)3)19(4)24-22(25-23)20-11-8-7-9-12-20/h7-9,11-12,18H,5-6,10,13-17H2,1-4H3. The lowest BCUT2D eigenvalue weighted by Gasteiger charge is -2.27. The molecule has 3 rings (SSSR count). The number of sulfonamides is 1. The zero-order valence-electron chi connectivity index (χ0n) is 18.6. The summed E-state index contributed by atoms with van der Waals surface area (Å²) in [6.45, 7) is 10.9. The highest BCUT2D eigenvalue weighted by Crippen LogP contribution is 2.31. The third-order valence-corrected chi connectivity index (χ3v) is 7.59. The predicted molar refractivity (Wildman–Crippen MR) is 123 cm³/mol.